The molecule has 0 aromatic heterocycles. The van der Waals surface area contributed by atoms with Crippen molar-refractivity contribution in [1.29, 1.82) is 0 Å². The molecule has 0 atom stereocenters. The summed E-state index contributed by atoms with van der Waals surface area (Å²) < 4.78 is 25.9. The van der Waals surface area contributed by atoms with Crippen molar-refractivity contribution in [3.63, 3.8) is 0 Å². The second-order valence-electron chi connectivity index (χ2n) is 5.40. The topological polar surface area (TPSA) is 65.0 Å². The van der Waals surface area contributed by atoms with Gasteiger partial charge in [0, 0.05) is 38.9 Å². The van der Waals surface area contributed by atoms with Crippen molar-refractivity contribution in [2.24, 2.45) is 4.99 Å². The lowest BCUT2D eigenvalue weighted by molar-refractivity contribution is 0.445. The van der Waals surface area contributed by atoms with E-state index in [-0.39, 0.29) is 5.75 Å². The SMILES string of the molecule is CCN(CC)S(=O)(=O)CCNC(=NC)N1CCc2ccccc21. The van der Waals surface area contributed by atoms with E-state index in [1.54, 1.807) is 7.05 Å². The van der Waals surface area contributed by atoms with E-state index >= 15 is 0 Å². The number of benzene rings is 1. The summed E-state index contributed by atoms with van der Waals surface area (Å²) in [7, 11) is -1.49. The standard InChI is InChI=1S/C16H26N4O2S/c1-4-19(5-2)23(21,22)13-11-18-16(17-3)20-12-10-14-8-6-7-9-15(14)20/h6-9H,4-5,10-13H2,1-3H3,(H,17,18). The van der Waals surface area contributed by atoms with Crippen molar-refractivity contribution in [1.82, 2.24) is 9.62 Å². The molecule has 0 spiro atoms. The largest absolute Gasteiger partial charge is 0.355 e. The smallest absolute Gasteiger partial charge is 0.215 e. The van der Waals surface area contributed by atoms with Gasteiger partial charge in [0.05, 0.1) is 5.75 Å². The Morgan fingerprint density at radius 2 is 2.00 bits per heavy atom. The number of nitrogens with one attached hydrogen (secondary N) is 1. The minimum atomic E-state index is -3.21. The summed E-state index contributed by atoms with van der Waals surface area (Å²) in [6.07, 6.45) is 0.981. The maximum absolute atomic E-state index is 12.2. The Kier molecular flexibility index (Phi) is 6.01. The molecule has 0 bridgehead atoms. The number of guanidine groups is 1. The van der Waals surface area contributed by atoms with E-state index in [9.17, 15) is 8.42 Å². The van der Waals surface area contributed by atoms with Gasteiger partial charge in [0.25, 0.3) is 0 Å². The third kappa shape index (κ3) is 4.03. The Morgan fingerprint density at radius 1 is 1.30 bits per heavy atom. The van der Waals surface area contributed by atoms with E-state index in [0.29, 0.717) is 19.6 Å². The Labute approximate surface area is 139 Å². The number of hydrogen-bond donors (Lipinski definition) is 1. The van der Waals surface area contributed by atoms with Gasteiger partial charge in [-0.05, 0) is 18.1 Å². The number of para-hydroxylation sites is 1. The first-order chi connectivity index (χ1) is 11.0. The normalized spacial score (nSPS) is 15.1. The number of aliphatic imine (C=N–C) groups is 1. The maximum atomic E-state index is 12.2. The van der Waals surface area contributed by atoms with Gasteiger partial charge in [0.2, 0.25) is 10.0 Å². The first-order valence-electron chi connectivity index (χ1n) is 8.07. The number of hydrogen-bond acceptors (Lipinski definition) is 3. The van der Waals surface area contributed by atoms with E-state index in [2.05, 4.69) is 27.3 Å². The molecule has 0 saturated carbocycles. The minimum Gasteiger partial charge on any atom is -0.355 e. The molecular formula is C16H26N4O2S. The van der Waals surface area contributed by atoms with Crippen LogP contribution in [0.1, 0.15) is 19.4 Å². The highest BCUT2D eigenvalue weighted by atomic mass is 32.2. The van der Waals surface area contributed by atoms with Crippen molar-refractivity contribution in [2.75, 3.05) is 43.9 Å². The lowest BCUT2D eigenvalue weighted by Crippen LogP contribution is -2.44. The van der Waals surface area contributed by atoms with Gasteiger partial charge in [-0.15, -0.1) is 0 Å². The lowest BCUT2D eigenvalue weighted by atomic mass is 10.2. The van der Waals surface area contributed by atoms with Crippen LogP contribution in [0.5, 0.6) is 0 Å². The fraction of sp³-hybridized carbons (Fsp3) is 0.562. The summed E-state index contributed by atoms with van der Waals surface area (Å²) in [5.74, 6) is 0.799. The van der Waals surface area contributed by atoms with Crippen molar-refractivity contribution >= 4 is 21.7 Å². The van der Waals surface area contributed by atoms with E-state index in [1.807, 2.05) is 26.0 Å². The third-order valence-electron chi connectivity index (χ3n) is 4.10. The Bertz CT molecular complexity index is 654. The third-order valence-corrected chi connectivity index (χ3v) is 6.12. The van der Waals surface area contributed by atoms with Crippen molar-refractivity contribution in [2.45, 2.75) is 20.3 Å². The molecule has 23 heavy (non-hydrogen) atoms. The Hall–Kier alpha value is -1.60. The molecular weight excluding hydrogens is 312 g/mol. The zero-order chi connectivity index (χ0) is 16.9. The van der Waals surface area contributed by atoms with Gasteiger partial charge in [0.15, 0.2) is 5.96 Å². The van der Waals surface area contributed by atoms with Crippen LogP contribution in [0, 0.1) is 0 Å². The first kappa shape index (κ1) is 17.7. The molecule has 2 rings (SSSR count). The van der Waals surface area contributed by atoms with Crippen LogP contribution in [0.2, 0.25) is 0 Å². The number of anilines is 1. The van der Waals surface area contributed by atoms with Gasteiger partial charge in [-0.2, -0.15) is 0 Å². The molecule has 0 amide bonds. The van der Waals surface area contributed by atoms with Crippen molar-refractivity contribution < 1.29 is 8.42 Å². The fourth-order valence-electron chi connectivity index (χ4n) is 2.89. The maximum Gasteiger partial charge on any atom is 0.215 e. The van der Waals surface area contributed by atoms with E-state index < -0.39 is 10.0 Å². The molecule has 1 aliphatic heterocycles. The molecule has 0 unspecified atom stereocenters. The first-order valence-corrected chi connectivity index (χ1v) is 9.68. The zero-order valence-corrected chi connectivity index (χ0v) is 14.9. The highest BCUT2D eigenvalue weighted by Crippen LogP contribution is 2.27. The molecule has 6 nitrogen and oxygen atoms in total. The zero-order valence-electron chi connectivity index (χ0n) is 14.1. The highest BCUT2D eigenvalue weighted by Gasteiger charge is 2.23. The average molecular weight is 338 g/mol. The van der Waals surface area contributed by atoms with E-state index in [0.717, 1.165) is 24.6 Å². The molecule has 7 heteroatoms. The molecule has 0 radical (unpaired) electrons. The van der Waals surface area contributed by atoms with Crippen LogP contribution in [0.15, 0.2) is 29.3 Å². The van der Waals surface area contributed by atoms with Crippen LogP contribution in [-0.4, -0.2) is 57.7 Å². The van der Waals surface area contributed by atoms with Crippen LogP contribution in [0.4, 0.5) is 5.69 Å². The summed E-state index contributed by atoms with van der Waals surface area (Å²) in [6.45, 7) is 5.94. The molecule has 1 aromatic carbocycles. The predicted octanol–water partition coefficient (Wildman–Crippen LogP) is 1.30. The second-order valence-corrected chi connectivity index (χ2v) is 7.49. The monoisotopic (exact) mass is 338 g/mol. The number of fused-ring (bicyclic) bond motifs is 1. The Balaban J connectivity index is 1.98. The fourth-order valence-corrected chi connectivity index (χ4v) is 4.30. The van der Waals surface area contributed by atoms with Crippen molar-refractivity contribution in [3.8, 4) is 0 Å². The van der Waals surface area contributed by atoms with Gasteiger partial charge in [-0.3, -0.25) is 4.99 Å². The molecule has 0 fully saturated rings. The summed E-state index contributed by atoms with van der Waals surface area (Å²) in [5, 5.41) is 3.18. The van der Waals surface area contributed by atoms with Gasteiger partial charge in [-0.1, -0.05) is 32.0 Å². The molecule has 0 saturated heterocycles. The van der Waals surface area contributed by atoms with Gasteiger partial charge in [-0.25, -0.2) is 12.7 Å². The lowest BCUT2D eigenvalue weighted by Gasteiger charge is -2.23. The average Bonchev–Trinajstić information content (AvgIpc) is 2.96. The van der Waals surface area contributed by atoms with Gasteiger partial charge in [0.1, 0.15) is 0 Å². The van der Waals surface area contributed by atoms with Crippen LogP contribution in [-0.2, 0) is 16.4 Å². The van der Waals surface area contributed by atoms with Gasteiger partial charge >= 0.3 is 0 Å². The van der Waals surface area contributed by atoms with Crippen LogP contribution < -0.4 is 10.2 Å². The van der Waals surface area contributed by atoms with E-state index in [1.165, 1.54) is 9.87 Å². The number of rotatable bonds is 6. The van der Waals surface area contributed by atoms with Crippen LogP contribution in [0.3, 0.4) is 0 Å². The molecule has 1 aromatic rings. The number of nitrogens with zero attached hydrogens (tertiary/aromatic N) is 3. The predicted molar refractivity (Wildman–Crippen MR) is 95.6 cm³/mol. The minimum absolute atomic E-state index is 0.0726. The highest BCUT2D eigenvalue weighted by molar-refractivity contribution is 7.89. The molecule has 1 N–H and O–H groups in total. The van der Waals surface area contributed by atoms with Gasteiger partial charge < -0.3 is 10.2 Å². The summed E-state index contributed by atoms with van der Waals surface area (Å²) in [4.78, 5) is 6.41. The summed E-state index contributed by atoms with van der Waals surface area (Å²) >= 11 is 0. The number of sulfonamides is 1. The molecule has 0 aliphatic carbocycles. The van der Waals surface area contributed by atoms with Crippen molar-refractivity contribution in [3.05, 3.63) is 29.8 Å². The quantitative estimate of drug-likeness (QED) is 0.627. The summed E-state index contributed by atoms with van der Waals surface area (Å²) in [6, 6.07) is 8.24. The molecule has 1 heterocycles. The molecule has 128 valence electrons. The summed E-state index contributed by atoms with van der Waals surface area (Å²) in [5.41, 5.74) is 2.44. The Morgan fingerprint density at radius 3 is 2.65 bits per heavy atom. The van der Waals surface area contributed by atoms with Crippen LogP contribution >= 0.6 is 0 Å². The van der Waals surface area contributed by atoms with E-state index in [4.69, 9.17) is 0 Å². The van der Waals surface area contributed by atoms with Crippen LogP contribution in [0.25, 0.3) is 0 Å². The molecule has 1 aliphatic rings. The second kappa shape index (κ2) is 7.79.